The molecule has 0 saturated carbocycles. The molecule has 26 heavy (non-hydrogen) atoms. The average Bonchev–Trinajstić information content (AvgIpc) is 2.65. The lowest BCUT2D eigenvalue weighted by molar-refractivity contribution is -0.115. The fourth-order valence-electron chi connectivity index (χ4n) is 2.42. The summed E-state index contributed by atoms with van der Waals surface area (Å²) in [5, 5.41) is 5.94. The van der Waals surface area contributed by atoms with Gasteiger partial charge in [0.25, 0.3) is 0 Å². The van der Waals surface area contributed by atoms with Crippen molar-refractivity contribution in [1.29, 1.82) is 0 Å². The highest BCUT2D eigenvalue weighted by atomic mass is 19.1. The first-order valence-electron chi connectivity index (χ1n) is 8.04. The van der Waals surface area contributed by atoms with E-state index in [1.165, 1.54) is 12.1 Å². The Morgan fingerprint density at radius 3 is 2.54 bits per heavy atom. The molecule has 0 aliphatic rings. The average molecular weight is 351 g/mol. The zero-order valence-electron chi connectivity index (χ0n) is 14.2. The lowest BCUT2D eigenvalue weighted by Gasteiger charge is -2.11. The van der Waals surface area contributed by atoms with E-state index in [0.29, 0.717) is 17.3 Å². The molecule has 0 spiro atoms. The molecule has 0 atom stereocenters. The molecule has 0 aliphatic heterocycles. The number of halogens is 1. The van der Waals surface area contributed by atoms with Gasteiger partial charge in [0.15, 0.2) is 0 Å². The van der Waals surface area contributed by atoms with Crippen LogP contribution in [0.4, 0.5) is 21.6 Å². The highest BCUT2D eigenvalue weighted by molar-refractivity contribution is 5.92. The number of carbonyl (C=O) groups is 1. The molecule has 1 heterocycles. The molecule has 2 N–H and O–H groups in total. The van der Waals surface area contributed by atoms with E-state index < -0.39 is 0 Å². The Morgan fingerprint density at radius 2 is 1.85 bits per heavy atom. The maximum atomic E-state index is 12.9. The Morgan fingerprint density at radius 1 is 1.08 bits per heavy atom. The van der Waals surface area contributed by atoms with Gasteiger partial charge in [0.2, 0.25) is 5.91 Å². The van der Waals surface area contributed by atoms with Gasteiger partial charge in [-0.2, -0.15) is 0 Å². The Labute approximate surface area is 150 Å². The van der Waals surface area contributed by atoms with Crippen LogP contribution in [0.15, 0.2) is 66.9 Å². The van der Waals surface area contributed by atoms with Gasteiger partial charge in [-0.05, 0) is 42.0 Å². The van der Waals surface area contributed by atoms with E-state index in [1.807, 2.05) is 24.3 Å². The molecule has 6 heteroatoms. The molecule has 0 fully saturated rings. The zero-order valence-corrected chi connectivity index (χ0v) is 14.2. The van der Waals surface area contributed by atoms with Crippen LogP contribution in [0.3, 0.4) is 0 Å². The Kier molecular flexibility index (Phi) is 5.43. The van der Waals surface area contributed by atoms with Gasteiger partial charge in [0, 0.05) is 0 Å². The molecule has 0 unspecified atom stereocenters. The highest BCUT2D eigenvalue weighted by Gasteiger charge is 2.06. The van der Waals surface area contributed by atoms with Crippen molar-refractivity contribution in [3.05, 3.63) is 78.2 Å². The van der Waals surface area contributed by atoms with Crippen molar-refractivity contribution in [2.75, 3.05) is 17.7 Å². The molecule has 132 valence electrons. The van der Waals surface area contributed by atoms with E-state index in [1.54, 1.807) is 37.6 Å². The largest absolute Gasteiger partial charge is 0.495 e. The predicted molar refractivity (Wildman–Crippen MR) is 99.2 cm³/mol. The van der Waals surface area contributed by atoms with Crippen molar-refractivity contribution >= 4 is 23.1 Å². The van der Waals surface area contributed by atoms with E-state index in [4.69, 9.17) is 4.74 Å². The number of amides is 1. The first-order chi connectivity index (χ1) is 12.6. The molecule has 1 amide bonds. The summed E-state index contributed by atoms with van der Waals surface area (Å²) in [7, 11) is 1.60. The number of nitrogens with one attached hydrogen (secondary N) is 2. The van der Waals surface area contributed by atoms with Crippen molar-refractivity contribution in [2.24, 2.45) is 0 Å². The molecule has 3 aromatic rings. The van der Waals surface area contributed by atoms with Gasteiger partial charge in [0.1, 0.15) is 17.4 Å². The third kappa shape index (κ3) is 4.57. The molecule has 1 aromatic heterocycles. The second kappa shape index (κ2) is 8.11. The summed E-state index contributed by atoms with van der Waals surface area (Å²) < 4.78 is 18.2. The van der Waals surface area contributed by atoms with Crippen LogP contribution in [-0.4, -0.2) is 18.0 Å². The quantitative estimate of drug-likeness (QED) is 0.700. The minimum atomic E-state index is -0.323. The van der Waals surface area contributed by atoms with Crippen molar-refractivity contribution < 1.29 is 13.9 Å². The summed E-state index contributed by atoms with van der Waals surface area (Å²) in [6, 6.07) is 16.9. The fourth-order valence-corrected chi connectivity index (χ4v) is 2.42. The number of hydrogen-bond donors (Lipinski definition) is 2. The normalized spacial score (nSPS) is 10.2. The minimum Gasteiger partial charge on any atom is -0.495 e. The number of anilines is 3. The number of pyridine rings is 1. The smallest absolute Gasteiger partial charge is 0.228 e. The second-order valence-corrected chi connectivity index (χ2v) is 5.61. The first kappa shape index (κ1) is 17.4. The molecule has 5 nitrogen and oxygen atoms in total. The molecule has 0 bridgehead atoms. The molecular weight excluding hydrogens is 333 g/mol. The fraction of sp³-hybridized carbons (Fsp3) is 0.100. The molecule has 0 aliphatic carbocycles. The topological polar surface area (TPSA) is 63.2 Å². The summed E-state index contributed by atoms with van der Waals surface area (Å²) in [6.07, 6.45) is 1.74. The number of aromatic nitrogens is 1. The highest BCUT2D eigenvalue weighted by Crippen LogP contribution is 2.26. The number of carbonyl (C=O) groups excluding carboxylic acids is 1. The standard InChI is InChI=1S/C20H18FN3O2/c1-26-18-5-3-2-4-17(18)24-19-11-10-16(13-22-19)23-20(25)12-14-6-8-15(21)9-7-14/h2-11,13H,12H2,1H3,(H,22,24)(H,23,25). The van der Waals surface area contributed by atoms with Crippen molar-refractivity contribution in [2.45, 2.75) is 6.42 Å². The summed E-state index contributed by atoms with van der Waals surface area (Å²) in [5.74, 6) is 0.831. The van der Waals surface area contributed by atoms with Crippen LogP contribution in [0, 0.1) is 5.82 Å². The van der Waals surface area contributed by atoms with Gasteiger partial charge in [-0.3, -0.25) is 4.79 Å². The lowest BCUT2D eigenvalue weighted by Crippen LogP contribution is -2.14. The van der Waals surface area contributed by atoms with E-state index in [2.05, 4.69) is 15.6 Å². The number of rotatable bonds is 6. The summed E-state index contributed by atoms with van der Waals surface area (Å²) >= 11 is 0. The molecule has 2 aromatic carbocycles. The van der Waals surface area contributed by atoms with Gasteiger partial charge in [-0.1, -0.05) is 24.3 Å². The van der Waals surface area contributed by atoms with E-state index in [-0.39, 0.29) is 18.1 Å². The second-order valence-electron chi connectivity index (χ2n) is 5.61. The lowest BCUT2D eigenvalue weighted by atomic mass is 10.1. The number of ether oxygens (including phenoxy) is 1. The van der Waals surface area contributed by atoms with Crippen molar-refractivity contribution in [3.8, 4) is 5.75 Å². The monoisotopic (exact) mass is 351 g/mol. The summed E-state index contributed by atoms with van der Waals surface area (Å²) in [6.45, 7) is 0. The van der Waals surface area contributed by atoms with Gasteiger partial charge < -0.3 is 15.4 Å². The number of methoxy groups -OCH3 is 1. The van der Waals surface area contributed by atoms with Gasteiger partial charge in [0.05, 0.1) is 31.1 Å². The number of hydrogen-bond acceptors (Lipinski definition) is 4. The molecule has 0 radical (unpaired) electrons. The third-order valence-electron chi connectivity index (χ3n) is 3.69. The maximum absolute atomic E-state index is 12.9. The van der Waals surface area contributed by atoms with Gasteiger partial charge in [-0.15, -0.1) is 0 Å². The van der Waals surface area contributed by atoms with Crippen LogP contribution in [-0.2, 0) is 11.2 Å². The summed E-state index contributed by atoms with van der Waals surface area (Å²) in [5.41, 5.74) is 2.13. The van der Waals surface area contributed by atoms with Crippen LogP contribution in [0.25, 0.3) is 0 Å². The van der Waals surface area contributed by atoms with E-state index in [9.17, 15) is 9.18 Å². The van der Waals surface area contributed by atoms with Crippen molar-refractivity contribution in [1.82, 2.24) is 4.98 Å². The molecular formula is C20H18FN3O2. The first-order valence-corrected chi connectivity index (χ1v) is 8.04. The molecule has 0 saturated heterocycles. The third-order valence-corrected chi connectivity index (χ3v) is 3.69. The van der Waals surface area contributed by atoms with E-state index >= 15 is 0 Å². The Bertz CT molecular complexity index is 880. The molecule has 3 rings (SSSR count). The van der Waals surface area contributed by atoms with E-state index in [0.717, 1.165) is 11.3 Å². The number of para-hydroxylation sites is 2. The zero-order chi connectivity index (χ0) is 18.4. The van der Waals surface area contributed by atoms with Crippen LogP contribution >= 0.6 is 0 Å². The van der Waals surface area contributed by atoms with Crippen LogP contribution in [0.2, 0.25) is 0 Å². The Balaban J connectivity index is 1.60. The predicted octanol–water partition coefficient (Wildman–Crippen LogP) is 4.15. The summed E-state index contributed by atoms with van der Waals surface area (Å²) in [4.78, 5) is 16.4. The van der Waals surface area contributed by atoms with Crippen LogP contribution in [0.5, 0.6) is 5.75 Å². The van der Waals surface area contributed by atoms with Gasteiger partial charge >= 0.3 is 0 Å². The number of nitrogens with zero attached hydrogens (tertiary/aromatic N) is 1. The Hall–Kier alpha value is -3.41. The van der Waals surface area contributed by atoms with Crippen molar-refractivity contribution in [3.63, 3.8) is 0 Å². The maximum Gasteiger partial charge on any atom is 0.228 e. The van der Waals surface area contributed by atoms with Crippen LogP contribution in [0.1, 0.15) is 5.56 Å². The van der Waals surface area contributed by atoms with Gasteiger partial charge in [-0.25, -0.2) is 9.37 Å². The van der Waals surface area contributed by atoms with Crippen LogP contribution < -0.4 is 15.4 Å². The minimum absolute atomic E-state index is 0.168. The number of benzene rings is 2. The SMILES string of the molecule is COc1ccccc1Nc1ccc(NC(=O)Cc2ccc(F)cc2)cn1.